The molecule has 0 aliphatic heterocycles. The van der Waals surface area contributed by atoms with Gasteiger partial charge in [0.25, 0.3) is 5.91 Å². The van der Waals surface area contributed by atoms with E-state index < -0.39 is 5.91 Å². The van der Waals surface area contributed by atoms with E-state index in [0.717, 1.165) is 0 Å². The van der Waals surface area contributed by atoms with E-state index in [1.165, 1.54) is 24.3 Å². The van der Waals surface area contributed by atoms with Crippen molar-refractivity contribution in [3.05, 3.63) is 71.5 Å². The molecule has 4 rings (SSSR count). The summed E-state index contributed by atoms with van der Waals surface area (Å²) >= 11 is 6.09. The minimum Gasteiger partial charge on any atom is -0.319 e. The van der Waals surface area contributed by atoms with Crippen molar-refractivity contribution in [1.29, 1.82) is 0 Å². The molecule has 2 aromatic heterocycles. The molecule has 4 aromatic rings. The first-order valence-electron chi connectivity index (χ1n) is 8.26. The summed E-state index contributed by atoms with van der Waals surface area (Å²) in [4.78, 5) is 36.7. The summed E-state index contributed by atoms with van der Waals surface area (Å²) in [6.45, 7) is 1.48. The third-order valence-electron chi connectivity index (χ3n) is 4.03. The number of hydrogen-bond donors (Lipinski definition) is 1. The van der Waals surface area contributed by atoms with E-state index in [2.05, 4.69) is 25.4 Å². The van der Waals surface area contributed by atoms with Gasteiger partial charge in [0, 0.05) is 21.7 Å². The second-order valence-electron chi connectivity index (χ2n) is 5.96. The van der Waals surface area contributed by atoms with Crippen molar-refractivity contribution in [1.82, 2.24) is 24.7 Å². The van der Waals surface area contributed by atoms with Gasteiger partial charge in [-0.3, -0.25) is 9.59 Å². The lowest BCUT2D eigenvalue weighted by Crippen LogP contribution is -2.17. The number of carbonyl (C=O) groups is 2. The lowest BCUT2D eigenvalue weighted by Gasteiger charge is -2.09. The SMILES string of the molecule is CC(=O)c1ccc(NC(=O)c2nc(-n3cncn3)c3cc(Cl)ccc3n2)cc1. The third kappa shape index (κ3) is 3.45. The van der Waals surface area contributed by atoms with Crippen LogP contribution in [-0.4, -0.2) is 36.4 Å². The monoisotopic (exact) mass is 392 g/mol. The van der Waals surface area contributed by atoms with Gasteiger partial charge in [-0.2, -0.15) is 5.10 Å². The van der Waals surface area contributed by atoms with Gasteiger partial charge in [0.15, 0.2) is 11.6 Å². The number of Topliss-reactive ketones (excluding diaryl/α,β-unsaturated/α-hetero) is 1. The summed E-state index contributed by atoms with van der Waals surface area (Å²) in [5.41, 5.74) is 1.63. The molecular formula is C19H13ClN6O2. The highest BCUT2D eigenvalue weighted by atomic mass is 35.5. The Bertz CT molecular complexity index is 1190. The Labute approximate surface area is 164 Å². The summed E-state index contributed by atoms with van der Waals surface area (Å²) in [6.07, 6.45) is 2.85. The van der Waals surface area contributed by atoms with Crippen LogP contribution in [0.1, 0.15) is 27.9 Å². The van der Waals surface area contributed by atoms with Crippen molar-refractivity contribution in [3.8, 4) is 5.82 Å². The lowest BCUT2D eigenvalue weighted by molar-refractivity contribution is 0.101. The number of carbonyl (C=O) groups excluding carboxylic acids is 2. The molecule has 0 atom stereocenters. The molecule has 8 nitrogen and oxygen atoms in total. The van der Waals surface area contributed by atoms with Gasteiger partial charge in [-0.1, -0.05) is 11.6 Å². The molecule has 2 heterocycles. The van der Waals surface area contributed by atoms with Crippen LogP contribution in [0.15, 0.2) is 55.1 Å². The van der Waals surface area contributed by atoms with Crippen molar-refractivity contribution >= 4 is 39.9 Å². The number of amides is 1. The van der Waals surface area contributed by atoms with Gasteiger partial charge < -0.3 is 5.32 Å². The van der Waals surface area contributed by atoms with E-state index in [9.17, 15) is 9.59 Å². The molecule has 1 amide bonds. The zero-order chi connectivity index (χ0) is 19.7. The fourth-order valence-electron chi connectivity index (χ4n) is 2.65. The van der Waals surface area contributed by atoms with E-state index in [-0.39, 0.29) is 11.6 Å². The minimum absolute atomic E-state index is 0.0315. The van der Waals surface area contributed by atoms with Gasteiger partial charge in [-0.15, -0.1) is 0 Å². The predicted molar refractivity (Wildman–Crippen MR) is 104 cm³/mol. The van der Waals surface area contributed by atoms with Crippen LogP contribution in [0, 0.1) is 0 Å². The van der Waals surface area contributed by atoms with Crippen molar-refractivity contribution in [2.45, 2.75) is 6.92 Å². The van der Waals surface area contributed by atoms with Crippen LogP contribution in [0.4, 0.5) is 5.69 Å². The first-order valence-corrected chi connectivity index (χ1v) is 8.64. The molecule has 0 fully saturated rings. The van der Waals surface area contributed by atoms with Crippen LogP contribution in [0.3, 0.4) is 0 Å². The van der Waals surface area contributed by atoms with Crippen molar-refractivity contribution in [2.75, 3.05) is 5.32 Å². The summed E-state index contributed by atoms with van der Waals surface area (Å²) in [5.74, 6) is -0.182. The topological polar surface area (TPSA) is 103 Å². The van der Waals surface area contributed by atoms with E-state index in [1.807, 2.05) is 0 Å². The number of ketones is 1. The molecule has 0 aliphatic rings. The summed E-state index contributed by atoms with van der Waals surface area (Å²) in [6, 6.07) is 11.7. The Morgan fingerprint density at radius 1 is 1.07 bits per heavy atom. The summed E-state index contributed by atoms with van der Waals surface area (Å²) in [5, 5.41) is 7.97. The van der Waals surface area contributed by atoms with E-state index >= 15 is 0 Å². The second kappa shape index (κ2) is 7.16. The van der Waals surface area contributed by atoms with E-state index in [1.54, 1.807) is 42.5 Å². The fourth-order valence-corrected chi connectivity index (χ4v) is 2.83. The molecular weight excluding hydrogens is 380 g/mol. The second-order valence-corrected chi connectivity index (χ2v) is 6.40. The van der Waals surface area contributed by atoms with Gasteiger partial charge in [-0.25, -0.2) is 19.6 Å². The van der Waals surface area contributed by atoms with E-state index in [0.29, 0.717) is 33.0 Å². The molecule has 0 unspecified atom stereocenters. The molecule has 0 aliphatic carbocycles. The maximum absolute atomic E-state index is 12.7. The maximum Gasteiger partial charge on any atom is 0.293 e. The Kier molecular flexibility index (Phi) is 4.54. The maximum atomic E-state index is 12.7. The van der Waals surface area contributed by atoms with Gasteiger partial charge in [0.05, 0.1) is 5.52 Å². The van der Waals surface area contributed by atoms with Gasteiger partial charge in [0.1, 0.15) is 12.7 Å². The molecule has 2 aromatic carbocycles. The van der Waals surface area contributed by atoms with Crippen molar-refractivity contribution in [2.24, 2.45) is 0 Å². The normalized spacial score (nSPS) is 10.8. The van der Waals surface area contributed by atoms with Crippen LogP contribution >= 0.6 is 11.6 Å². The van der Waals surface area contributed by atoms with Crippen molar-refractivity contribution in [3.63, 3.8) is 0 Å². The number of anilines is 1. The number of rotatable bonds is 4. The number of fused-ring (bicyclic) bond motifs is 1. The number of hydrogen-bond acceptors (Lipinski definition) is 6. The molecule has 0 radical (unpaired) electrons. The average Bonchev–Trinajstić information content (AvgIpc) is 3.22. The fraction of sp³-hybridized carbons (Fsp3) is 0.0526. The smallest absolute Gasteiger partial charge is 0.293 e. The molecule has 0 saturated heterocycles. The molecule has 1 N–H and O–H groups in total. The van der Waals surface area contributed by atoms with Crippen LogP contribution in [-0.2, 0) is 0 Å². The van der Waals surface area contributed by atoms with Crippen LogP contribution in [0.25, 0.3) is 16.7 Å². The predicted octanol–water partition coefficient (Wildman–Crippen LogP) is 3.32. The molecule has 0 saturated carbocycles. The molecule has 138 valence electrons. The van der Waals surface area contributed by atoms with Crippen LogP contribution in [0.2, 0.25) is 5.02 Å². The number of nitrogens with zero attached hydrogens (tertiary/aromatic N) is 5. The molecule has 0 spiro atoms. The molecule has 28 heavy (non-hydrogen) atoms. The Balaban J connectivity index is 1.73. The third-order valence-corrected chi connectivity index (χ3v) is 4.26. The molecule has 9 heteroatoms. The van der Waals surface area contributed by atoms with Gasteiger partial charge in [0.2, 0.25) is 5.82 Å². The quantitative estimate of drug-likeness (QED) is 0.534. The van der Waals surface area contributed by atoms with Gasteiger partial charge >= 0.3 is 0 Å². The highest BCUT2D eigenvalue weighted by Crippen LogP contribution is 2.23. The number of nitrogens with one attached hydrogen (secondary N) is 1. The van der Waals surface area contributed by atoms with Crippen LogP contribution < -0.4 is 5.32 Å². The minimum atomic E-state index is -0.492. The van der Waals surface area contributed by atoms with Crippen molar-refractivity contribution < 1.29 is 9.59 Å². The van der Waals surface area contributed by atoms with Gasteiger partial charge in [-0.05, 0) is 49.4 Å². The highest BCUT2D eigenvalue weighted by molar-refractivity contribution is 6.31. The van der Waals surface area contributed by atoms with Crippen LogP contribution in [0.5, 0.6) is 0 Å². The molecule has 0 bridgehead atoms. The first kappa shape index (κ1) is 17.7. The average molecular weight is 393 g/mol. The summed E-state index contributed by atoms with van der Waals surface area (Å²) in [7, 11) is 0. The standard InChI is InChI=1S/C19H13ClN6O2/c1-11(27)12-2-5-14(6-3-12)23-19(28)17-24-16-7-4-13(20)8-15(16)18(25-17)26-10-21-9-22-26/h2-10H,1H3,(H,23,28). The zero-order valence-electron chi connectivity index (χ0n) is 14.6. The number of benzene rings is 2. The summed E-state index contributed by atoms with van der Waals surface area (Å²) < 4.78 is 1.44. The Morgan fingerprint density at radius 3 is 2.54 bits per heavy atom. The lowest BCUT2D eigenvalue weighted by atomic mass is 10.1. The largest absolute Gasteiger partial charge is 0.319 e. The zero-order valence-corrected chi connectivity index (χ0v) is 15.4. The number of aromatic nitrogens is 5. The Hall–Kier alpha value is -3.65. The highest BCUT2D eigenvalue weighted by Gasteiger charge is 2.16. The Morgan fingerprint density at radius 2 is 1.86 bits per heavy atom. The first-order chi connectivity index (χ1) is 13.5. The van der Waals surface area contributed by atoms with E-state index in [4.69, 9.17) is 11.6 Å². The number of halogens is 1.